The van der Waals surface area contributed by atoms with E-state index in [4.69, 9.17) is 25.8 Å². The van der Waals surface area contributed by atoms with Crippen molar-refractivity contribution in [3.63, 3.8) is 0 Å². The third-order valence-electron chi connectivity index (χ3n) is 7.63. The van der Waals surface area contributed by atoms with Gasteiger partial charge >= 0.3 is 5.97 Å². The van der Waals surface area contributed by atoms with Gasteiger partial charge in [-0.05, 0) is 54.4 Å². The Balaban J connectivity index is 2.06. The fourth-order valence-electron chi connectivity index (χ4n) is 5.77. The number of likely N-dealkylation sites (tertiary alicyclic amines) is 1. The molecular formula is C31H29ClN2O7. The quantitative estimate of drug-likeness (QED) is 0.357. The first-order valence-corrected chi connectivity index (χ1v) is 13.1. The van der Waals surface area contributed by atoms with E-state index in [1.165, 1.54) is 57.4 Å². The molecule has 0 saturated carbocycles. The molecule has 1 amide bonds. The van der Waals surface area contributed by atoms with E-state index < -0.39 is 47.7 Å². The van der Waals surface area contributed by atoms with Gasteiger partial charge in [-0.3, -0.25) is 9.59 Å². The minimum Gasteiger partial charge on any atom is -0.493 e. The van der Waals surface area contributed by atoms with E-state index in [9.17, 15) is 24.8 Å². The summed E-state index contributed by atoms with van der Waals surface area (Å²) in [5.74, 6) is -3.63. The van der Waals surface area contributed by atoms with Crippen LogP contribution in [0, 0.1) is 17.2 Å². The summed E-state index contributed by atoms with van der Waals surface area (Å²) < 4.78 is 16.0. The van der Waals surface area contributed by atoms with Crippen LogP contribution in [0.1, 0.15) is 45.9 Å². The zero-order valence-electron chi connectivity index (χ0n) is 23.0. The molecule has 4 unspecified atom stereocenters. The molecular weight excluding hydrogens is 548 g/mol. The fourth-order valence-corrected chi connectivity index (χ4v) is 5.89. The van der Waals surface area contributed by atoms with Gasteiger partial charge in [-0.1, -0.05) is 41.9 Å². The molecule has 10 heteroatoms. The topological polar surface area (TPSA) is 126 Å². The van der Waals surface area contributed by atoms with Crippen LogP contribution >= 0.6 is 11.6 Å². The number of rotatable bonds is 9. The van der Waals surface area contributed by atoms with Crippen LogP contribution < -0.4 is 9.47 Å². The van der Waals surface area contributed by atoms with Crippen molar-refractivity contribution in [3.05, 3.63) is 94.0 Å². The Morgan fingerprint density at radius 2 is 1.56 bits per heavy atom. The largest absolute Gasteiger partial charge is 0.493 e. The Morgan fingerprint density at radius 3 is 2.10 bits per heavy atom. The second-order valence-corrected chi connectivity index (χ2v) is 10.3. The van der Waals surface area contributed by atoms with Crippen LogP contribution in [0.15, 0.2) is 66.7 Å². The number of amides is 1. The zero-order valence-corrected chi connectivity index (χ0v) is 23.7. The predicted octanol–water partition coefficient (Wildman–Crippen LogP) is 4.88. The maximum absolute atomic E-state index is 14.5. The summed E-state index contributed by atoms with van der Waals surface area (Å²) in [7, 11) is 4.28. The van der Waals surface area contributed by atoms with Gasteiger partial charge in [0, 0.05) is 23.6 Å². The van der Waals surface area contributed by atoms with E-state index in [0.717, 1.165) is 0 Å². The summed E-state index contributed by atoms with van der Waals surface area (Å²) in [5.41, 5.74) is -0.266. The number of methoxy groups -OCH3 is 3. The molecule has 0 radical (unpaired) electrons. The van der Waals surface area contributed by atoms with Crippen LogP contribution in [0.4, 0.5) is 0 Å². The van der Waals surface area contributed by atoms with Crippen molar-refractivity contribution >= 4 is 29.3 Å². The van der Waals surface area contributed by atoms with E-state index in [1.54, 1.807) is 42.5 Å². The molecule has 0 aromatic heterocycles. The third-order valence-corrected chi connectivity index (χ3v) is 7.88. The number of ether oxygens (including phenoxy) is 3. The minimum absolute atomic E-state index is 0.271. The second kappa shape index (κ2) is 12.0. The van der Waals surface area contributed by atoms with Gasteiger partial charge in [0.2, 0.25) is 5.91 Å². The SMILES string of the molecule is COCC(=O)N1C(c2ccc(Cl)cc2)C(C(=O)c2ccc(C#N)cc2)C(c2ccc(OC)c(OC)c2)C1(C)C(=O)O. The van der Waals surface area contributed by atoms with Crippen LogP contribution in [0.2, 0.25) is 5.02 Å². The summed E-state index contributed by atoms with van der Waals surface area (Å²) in [6, 6.07) is 18.7. The number of benzene rings is 3. The van der Waals surface area contributed by atoms with Crippen molar-refractivity contribution in [1.82, 2.24) is 4.90 Å². The molecule has 1 aliphatic heterocycles. The van der Waals surface area contributed by atoms with Crippen LogP contribution in [0.25, 0.3) is 0 Å². The number of hydrogen-bond donors (Lipinski definition) is 1. The van der Waals surface area contributed by atoms with Gasteiger partial charge in [-0.2, -0.15) is 5.26 Å². The average Bonchev–Trinajstić information content (AvgIpc) is 3.27. The van der Waals surface area contributed by atoms with Crippen molar-refractivity contribution in [1.29, 1.82) is 5.26 Å². The molecule has 0 bridgehead atoms. The molecule has 41 heavy (non-hydrogen) atoms. The van der Waals surface area contributed by atoms with E-state index in [0.29, 0.717) is 33.2 Å². The number of nitriles is 1. The van der Waals surface area contributed by atoms with E-state index >= 15 is 0 Å². The number of carboxylic acids is 1. The molecule has 4 atom stereocenters. The van der Waals surface area contributed by atoms with Crippen LogP contribution in [0.5, 0.6) is 11.5 Å². The molecule has 1 N–H and O–H groups in total. The minimum atomic E-state index is -1.90. The summed E-state index contributed by atoms with van der Waals surface area (Å²) in [5, 5.41) is 20.5. The highest BCUT2D eigenvalue weighted by atomic mass is 35.5. The lowest BCUT2D eigenvalue weighted by Crippen LogP contribution is -2.55. The Bertz CT molecular complexity index is 1500. The Hall–Kier alpha value is -4.39. The summed E-state index contributed by atoms with van der Waals surface area (Å²) in [6.07, 6.45) is 0. The maximum Gasteiger partial charge on any atom is 0.330 e. The first-order valence-electron chi connectivity index (χ1n) is 12.7. The monoisotopic (exact) mass is 576 g/mol. The standard InChI is InChI=1S/C31H29ClN2O7/c1-31(30(37)38)27(21-11-14-23(40-3)24(15-21)41-4)26(29(36)20-7-5-18(16-33)6-8-20)28(34(31)25(35)17-39-2)19-9-12-22(32)13-10-19/h5-15,26-28H,17H2,1-4H3,(H,37,38). The molecule has 1 heterocycles. The number of carbonyl (C=O) groups excluding carboxylic acids is 2. The molecule has 4 rings (SSSR count). The Kier molecular flexibility index (Phi) is 8.66. The third kappa shape index (κ3) is 5.24. The van der Waals surface area contributed by atoms with Gasteiger partial charge in [-0.15, -0.1) is 0 Å². The van der Waals surface area contributed by atoms with Crippen LogP contribution in [0.3, 0.4) is 0 Å². The number of carbonyl (C=O) groups is 3. The first kappa shape index (κ1) is 29.6. The number of aliphatic carboxylic acids is 1. The van der Waals surface area contributed by atoms with Gasteiger partial charge in [0.05, 0.1) is 37.8 Å². The maximum atomic E-state index is 14.5. The number of carboxylic acid groups (broad SMARTS) is 1. The van der Waals surface area contributed by atoms with Crippen LogP contribution in [-0.2, 0) is 14.3 Å². The molecule has 9 nitrogen and oxygen atoms in total. The molecule has 1 aliphatic rings. The van der Waals surface area contributed by atoms with Gasteiger partial charge in [0.25, 0.3) is 0 Å². The molecule has 1 fully saturated rings. The number of hydrogen-bond acceptors (Lipinski definition) is 7. The van der Waals surface area contributed by atoms with Crippen molar-refractivity contribution in [2.45, 2.75) is 24.4 Å². The lowest BCUT2D eigenvalue weighted by atomic mass is 9.71. The van der Waals surface area contributed by atoms with E-state index in [2.05, 4.69) is 0 Å². The Morgan fingerprint density at radius 1 is 0.951 bits per heavy atom. The fraction of sp³-hybridized carbons (Fsp3) is 0.290. The van der Waals surface area contributed by atoms with E-state index in [-0.39, 0.29) is 5.56 Å². The van der Waals surface area contributed by atoms with Crippen LogP contribution in [-0.4, -0.2) is 61.1 Å². The van der Waals surface area contributed by atoms with Crippen molar-refractivity contribution in [2.75, 3.05) is 27.9 Å². The first-order chi connectivity index (χ1) is 19.6. The van der Waals surface area contributed by atoms with Gasteiger partial charge in [-0.25, -0.2) is 4.79 Å². The zero-order chi connectivity index (χ0) is 29.9. The highest BCUT2D eigenvalue weighted by Crippen LogP contribution is 2.57. The summed E-state index contributed by atoms with van der Waals surface area (Å²) in [6.45, 7) is 1.04. The summed E-state index contributed by atoms with van der Waals surface area (Å²) >= 11 is 6.17. The predicted molar refractivity (Wildman–Crippen MR) is 150 cm³/mol. The number of ketones is 1. The van der Waals surface area contributed by atoms with Gasteiger partial charge < -0.3 is 24.2 Å². The lowest BCUT2D eigenvalue weighted by Gasteiger charge is -2.37. The number of nitrogens with zero attached hydrogens (tertiary/aromatic N) is 2. The number of halogens is 1. The molecule has 1 saturated heterocycles. The van der Waals surface area contributed by atoms with E-state index in [1.807, 2.05) is 6.07 Å². The molecule has 3 aromatic carbocycles. The highest BCUT2D eigenvalue weighted by Gasteiger charge is 2.64. The highest BCUT2D eigenvalue weighted by molar-refractivity contribution is 6.30. The normalized spacial score (nSPS) is 21.7. The van der Waals surface area contributed by atoms with Gasteiger partial charge in [0.1, 0.15) is 12.1 Å². The smallest absolute Gasteiger partial charge is 0.330 e. The molecule has 3 aromatic rings. The number of Topliss-reactive ketones (excluding diaryl/α,β-unsaturated/α-hetero) is 1. The summed E-state index contributed by atoms with van der Waals surface area (Å²) in [4.78, 5) is 42.7. The van der Waals surface area contributed by atoms with Crippen molar-refractivity contribution < 1.29 is 33.7 Å². The average molecular weight is 577 g/mol. The molecule has 0 aliphatic carbocycles. The lowest BCUT2D eigenvalue weighted by molar-refractivity contribution is -0.159. The Labute approximate surface area is 242 Å². The molecule has 212 valence electrons. The van der Waals surface area contributed by atoms with Gasteiger partial charge in [0.15, 0.2) is 17.3 Å². The molecule has 0 spiro atoms. The van der Waals surface area contributed by atoms with Crippen molar-refractivity contribution in [2.24, 2.45) is 5.92 Å². The van der Waals surface area contributed by atoms with Crippen molar-refractivity contribution in [3.8, 4) is 17.6 Å². The second-order valence-electron chi connectivity index (χ2n) is 9.82.